The number of rotatable bonds is 0. The van der Waals surface area contributed by atoms with Crippen molar-refractivity contribution in [2.75, 3.05) is 0 Å². The molecule has 2 aliphatic rings. The lowest BCUT2D eigenvalue weighted by atomic mass is 10.2. The van der Waals surface area contributed by atoms with Crippen molar-refractivity contribution in [2.45, 2.75) is 6.92 Å². The highest BCUT2D eigenvalue weighted by molar-refractivity contribution is 5.66. The van der Waals surface area contributed by atoms with Crippen LogP contribution >= 0.6 is 0 Å². The minimum Gasteiger partial charge on any atom is -0.0614 e. The molecule has 0 spiro atoms. The molecule has 0 aliphatic heterocycles. The third-order valence-corrected chi connectivity index (χ3v) is 1.90. The third kappa shape index (κ3) is 1.12. The molecule has 2 aliphatic carbocycles. The maximum atomic E-state index is 2.20. The van der Waals surface area contributed by atoms with Crippen LogP contribution in [0.1, 0.15) is 5.56 Å². The summed E-state index contributed by atoms with van der Waals surface area (Å²) in [6.45, 7) is 2.12. The summed E-state index contributed by atoms with van der Waals surface area (Å²) >= 11 is 0. The van der Waals surface area contributed by atoms with E-state index in [0.29, 0.717) is 0 Å². The molecule has 54 valence electrons. The zero-order chi connectivity index (χ0) is 7.68. The van der Waals surface area contributed by atoms with Crippen LogP contribution in [0.2, 0.25) is 0 Å². The SMILES string of the molecule is Cc1cccc2cccc-2c1. The van der Waals surface area contributed by atoms with Crippen LogP contribution in [0.4, 0.5) is 0 Å². The Morgan fingerprint density at radius 3 is 2.27 bits per heavy atom. The second kappa shape index (κ2) is 2.39. The molecule has 0 aromatic carbocycles. The first kappa shape index (κ1) is 6.41. The lowest BCUT2D eigenvalue weighted by molar-refractivity contribution is 1.52. The van der Waals surface area contributed by atoms with Gasteiger partial charge in [0.05, 0.1) is 0 Å². The predicted molar refractivity (Wildman–Crippen MR) is 47.8 cm³/mol. The molecule has 0 bridgehead atoms. The summed E-state index contributed by atoms with van der Waals surface area (Å²) in [6, 6.07) is 14.9. The summed E-state index contributed by atoms with van der Waals surface area (Å²) in [5, 5.41) is 0. The molecule has 0 radical (unpaired) electrons. The number of aryl methyl sites for hydroxylation is 1. The summed E-state index contributed by atoms with van der Waals surface area (Å²) in [4.78, 5) is 0. The minimum absolute atomic E-state index is 1.31. The van der Waals surface area contributed by atoms with Crippen molar-refractivity contribution < 1.29 is 0 Å². The van der Waals surface area contributed by atoms with Crippen molar-refractivity contribution in [2.24, 2.45) is 0 Å². The smallest absolute Gasteiger partial charge is 0.0181 e. The maximum Gasteiger partial charge on any atom is -0.0181 e. The van der Waals surface area contributed by atoms with Gasteiger partial charge >= 0.3 is 0 Å². The van der Waals surface area contributed by atoms with Crippen LogP contribution in [0.5, 0.6) is 0 Å². The molecule has 0 aromatic heterocycles. The van der Waals surface area contributed by atoms with Gasteiger partial charge in [-0.2, -0.15) is 0 Å². The maximum absolute atomic E-state index is 2.20. The Labute approximate surface area is 66.8 Å². The fourth-order valence-electron chi connectivity index (χ4n) is 1.33. The number of hydrogen-bond donors (Lipinski definition) is 0. The van der Waals surface area contributed by atoms with E-state index in [1.54, 1.807) is 0 Å². The van der Waals surface area contributed by atoms with Crippen LogP contribution in [0.3, 0.4) is 0 Å². The summed E-state index contributed by atoms with van der Waals surface area (Å²) < 4.78 is 0. The van der Waals surface area contributed by atoms with Crippen molar-refractivity contribution in [1.82, 2.24) is 0 Å². The molecule has 0 N–H and O–H groups in total. The zero-order valence-corrected chi connectivity index (χ0v) is 6.54. The molecule has 0 aromatic rings. The van der Waals surface area contributed by atoms with E-state index in [2.05, 4.69) is 49.4 Å². The van der Waals surface area contributed by atoms with Crippen molar-refractivity contribution in [3.8, 4) is 11.1 Å². The molecule has 0 nitrogen and oxygen atoms in total. The van der Waals surface area contributed by atoms with Crippen LogP contribution in [0.15, 0.2) is 42.5 Å². The average molecular weight is 142 g/mol. The topological polar surface area (TPSA) is 0 Å². The van der Waals surface area contributed by atoms with Crippen LogP contribution in [0.25, 0.3) is 11.1 Å². The Hall–Kier alpha value is -1.30. The normalized spacial score (nSPS) is 10.3. The second-order valence-corrected chi connectivity index (χ2v) is 2.85. The molecular formula is C11H10. The van der Waals surface area contributed by atoms with E-state index in [-0.39, 0.29) is 0 Å². The van der Waals surface area contributed by atoms with Crippen LogP contribution < -0.4 is 0 Å². The van der Waals surface area contributed by atoms with E-state index in [0.717, 1.165) is 0 Å². The van der Waals surface area contributed by atoms with E-state index in [4.69, 9.17) is 0 Å². The van der Waals surface area contributed by atoms with Crippen molar-refractivity contribution in [1.29, 1.82) is 0 Å². The van der Waals surface area contributed by atoms with Crippen molar-refractivity contribution >= 4 is 0 Å². The Kier molecular flexibility index (Phi) is 1.39. The van der Waals surface area contributed by atoms with Gasteiger partial charge < -0.3 is 0 Å². The molecule has 0 fully saturated rings. The third-order valence-electron chi connectivity index (χ3n) is 1.90. The van der Waals surface area contributed by atoms with Crippen LogP contribution in [-0.4, -0.2) is 0 Å². The molecule has 0 heteroatoms. The highest BCUT2D eigenvalue weighted by Gasteiger charge is 1.96. The summed E-state index contributed by atoms with van der Waals surface area (Å²) in [5.41, 5.74) is 3.96. The van der Waals surface area contributed by atoms with E-state index in [1.807, 2.05) is 0 Å². The molecule has 0 saturated carbocycles. The fraction of sp³-hybridized carbons (Fsp3) is 0.0909. The second-order valence-electron chi connectivity index (χ2n) is 2.85. The van der Waals surface area contributed by atoms with Crippen molar-refractivity contribution in [3.63, 3.8) is 0 Å². The molecule has 0 heterocycles. The fourth-order valence-corrected chi connectivity index (χ4v) is 1.33. The quantitative estimate of drug-likeness (QED) is 0.530. The van der Waals surface area contributed by atoms with E-state index < -0.39 is 0 Å². The van der Waals surface area contributed by atoms with Gasteiger partial charge in [-0.15, -0.1) is 0 Å². The highest BCUT2D eigenvalue weighted by Crippen LogP contribution is 2.21. The molecule has 0 amide bonds. The van der Waals surface area contributed by atoms with Gasteiger partial charge in [0.15, 0.2) is 0 Å². The molecule has 0 saturated heterocycles. The first-order valence-corrected chi connectivity index (χ1v) is 3.82. The lowest BCUT2D eigenvalue weighted by Gasteiger charge is -1.88. The summed E-state index contributed by atoms with van der Waals surface area (Å²) in [7, 11) is 0. The molecule has 2 rings (SSSR count). The van der Waals surface area contributed by atoms with E-state index in [1.165, 1.54) is 16.7 Å². The summed E-state index contributed by atoms with van der Waals surface area (Å²) in [6.07, 6.45) is 0. The van der Waals surface area contributed by atoms with Gasteiger partial charge in [0, 0.05) is 0 Å². The Bertz CT molecular complexity index is 336. The highest BCUT2D eigenvalue weighted by atomic mass is 14.0. The largest absolute Gasteiger partial charge is 0.0614 e. The standard InChI is InChI=1S/C11H10/c1-9-4-2-5-10-6-3-7-11(10)8-9/h2-8H,1H3. The first-order chi connectivity index (χ1) is 5.36. The van der Waals surface area contributed by atoms with Gasteiger partial charge in [-0.1, -0.05) is 48.0 Å². The minimum atomic E-state index is 1.31. The lowest BCUT2D eigenvalue weighted by Crippen LogP contribution is -1.64. The van der Waals surface area contributed by atoms with E-state index >= 15 is 0 Å². The van der Waals surface area contributed by atoms with Gasteiger partial charge in [-0.05, 0) is 18.1 Å². The van der Waals surface area contributed by atoms with Gasteiger partial charge in [0.2, 0.25) is 0 Å². The molecule has 11 heavy (non-hydrogen) atoms. The predicted octanol–water partition coefficient (Wildman–Crippen LogP) is 3.10. The zero-order valence-electron chi connectivity index (χ0n) is 6.54. The number of fused-ring (bicyclic) bond motifs is 1. The van der Waals surface area contributed by atoms with Gasteiger partial charge in [0.25, 0.3) is 0 Å². The first-order valence-electron chi connectivity index (χ1n) is 3.82. The Morgan fingerprint density at radius 1 is 0.818 bits per heavy atom. The van der Waals surface area contributed by atoms with Gasteiger partial charge in [-0.3, -0.25) is 0 Å². The Morgan fingerprint density at radius 2 is 1.45 bits per heavy atom. The Balaban J connectivity index is 2.73. The monoisotopic (exact) mass is 142 g/mol. The molecular weight excluding hydrogens is 132 g/mol. The van der Waals surface area contributed by atoms with Crippen LogP contribution in [0, 0.1) is 6.92 Å². The van der Waals surface area contributed by atoms with Gasteiger partial charge in [-0.25, -0.2) is 0 Å². The van der Waals surface area contributed by atoms with Crippen molar-refractivity contribution in [3.05, 3.63) is 48.0 Å². The molecule has 0 atom stereocenters. The van der Waals surface area contributed by atoms with Crippen LogP contribution in [-0.2, 0) is 0 Å². The average Bonchev–Trinajstić information content (AvgIpc) is 2.31. The summed E-state index contributed by atoms with van der Waals surface area (Å²) in [5.74, 6) is 0. The molecule has 0 unspecified atom stereocenters. The number of hydrogen-bond acceptors (Lipinski definition) is 0. The van der Waals surface area contributed by atoms with E-state index in [9.17, 15) is 0 Å². The van der Waals surface area contributed by atoms with Gasteiger partial charge in [0.1, 0.15) is 0 Å².